The fraction of sp³-hybridized carbons (Fsp3) is 0.375. The van der Waals surface area contributed by atoms with Crippen molar-refractivity contribution in [3.05, 3.63) is 65.4 Å². The number of aromatic amines is 1. The number of aromatic carboxylic acids is 1. The topological polar surface area (TPSA) is 59.6 Å². The third-order valence-electron chi connectivity index (χ3n) is 6.10. The number of hydrogen-bond acceptors (Lipinski definition) is 3. The Kier molecular flexibility index (Phi) is 6.41. The fourth-order valence-electron chi connectivity index (χ4n) is 4.28. The van der Waals surface area contributed by atoms with Crippen molar-refractivity contribution in [1.82, 2.24) is 9.88 Å². The Bertz CT molecular complexity index is 1090. The number of benzene rings is 2. The van der Waals surface area contributed by atoms with Gasteiger partial charge in [0.05, 0.1) is 11.1 Å². The summed E-state index contributed by atoms with van der Waals surface area (Å²) in [7, 11) is 0. The summed E-state index contributed by atoms with van der Waals surface area (Å²) in [5, 5.41) is 10.2. The molecular weight excluding hydrogens is 419 g/mol. The van der Waals surface area contributed by atoms with E-state index in [4.69, 9.17) is 0 Å². The van der Waals surface area contributed by atoms with Crippen molar-refractivity contribution < 1.29 is 23.1 Å². The number of hydrogen-bond donors (Lipinski definition) is 2. The summed E-state index contributed by atoms with van der Waals surface area (Å²) in [4.78, 5) is 18.8. The lowest BCUT2D eigenvalue weighted by Crippen LogP contribution is -2.46. The zero-order valence-corrected chi connectivity index (χ0v) is 17.7. The Morgan fingerprint density at radius 2 is 1.81 bits per heavy atom. The number of nitrogens with zero attached hydrogens (tertiary/aromatic N) is 2. The number of H-pyrrole nitrogens is 1. The standard InChI is InChI=1S/C24H26F3N3O2/c25-24(26,27)19-5-3-6-20(15-19)30-12-10-29(11-13-30)9-2-1-4-18-16-28-22-8-7-17(23(31)32)14-21(18)22/h3,5-8,14-16,28H,1-2,4,9-13H2,(H,31,32). The summed E-state index contributed by atoms with van der Waals surface area (Å²) in [5.41, 5.74) is 2.37. The Hall–Kier alpha value is -3.00. The average Bonchev–Trinajstić information content (AvgIpc) is 3.19. The van der Waals surface area contributed by atoms with Crippen LogP contribution in [0.2, 0.25) is 0 Å². The SMILES string of the molecule is O=C(O)c1ccc2[nH]cc(CCCCN3CCN(c4cccc(C(F)(F)F)c4)CC3)c2c1. The fourth-order valence-corrected chi connectivity index (χ4v) is 4.28. The summed E-state index contributed by atoms with van der Waals surface area (Å²) in [6.45, 7) is 4.01. The Morgan fingerprint density at radius 3 is 2.53 bits per heavy atom. The number of carboxylic acids is 1. The molecule has 0 saturated carbocycles. The molecule has 1 aromatic heterocycles. The van der Waals surface area contributed by atoms with Gasteiger partial charge >= 0.3 is 12.1 Å². The summed E-state index contributed by atoms with van der Waals surface area (Å²) >= 11 is 0. The van der Waals surface area contributed by atoms with E-state index in [1.54, 1.807) is 24.3 Å². The Morgan fingerprint density at radius 1 is 1.03 bits per heavy atom. The van der Waals surface area contributed by atoms with Gasteiger partial charge in [-0.1, -0.05) is 6.07 Å². The van der Waals surface area contributed by atoms with Gasteiger partial charge in [0.2, 0.25) is 0 Å². The monoisotopic (exact) mass is 445 g/mol. The van der Waals surface area contributed by atoms with Crippen LogP contribution in [-0.4, -0.2) is 53.7 Å². The van der Waals surface area contributed by atoms with Crippen LogP contribution in [0.4, 0.5) is 18.9 Å². The molecule has 1 fully saturated rings. The van der Waals surface area contributed by atoms with E-state index >= 15 is 0 Å². The molecule has 3 aromatic rings. The largest absolute Gasteiger partial charge is 0.478 e. The second-order valence-electron chi connectivity index (χ2n) is 8.21. The van der Waals surface area contributed by atoms with Crippen LogP contribution in [0, 0.1) is 0 Å². The maximum Gasteiger partial charge on any atom is 0.416 e. The third-order valence-corrected chi connectivity index (χ3v) is 6.10. The van der Waals surface area contributed by atoms with Crippen LogP contribution in [0.3, 0.4) is 0 Å². The number of carbonyl (C=O) groups is 1. The first-order chi connectivity index (χ1) is 15.3. The maximum atomic E-state index is 13.0. The Balaban J connectivity index is 1.24. The van der Waals surface area contributed by atoms with Gasteiger partial charge in [-0.3, -0.25) is 4.90 Å². The first-order valence-electron chi connectivity index (χ1n) is 10.8. The molecule has 0 amide bonds. The quantitative estimate of drug-likeness (QED) is 0.501. The molecule has 2 N–H and O–H groups in total. The van der Waals surface area contributed by atoms with Crippen LogP contribution in [-0.2, 0) is 12.6 Å². The van der Waals surface area contributed by atoms with Gasteiger partial charge in [-0.15, -0.1) is 0 Å². The zero-order valence-electron chi connectivity index (χ0n) is 17.7. The van der Waals surface area contributed by atoms with Crippen LogP contribution in [0.25, 0.3) is 10.9 Å². The summed E-state index contributed by atoms with van der Waals surface area (Å²) in [6, 6.07) is 10.7. The zero-order chi connectivity index (χ0) is 22.7. The number of alkyl halides is 3. The predicted molar refractivity (Wildman–Crippen MR) is 118 cm³/mol. The molecule has 1 aliphatic heterocycles. The highest BCUT2D eigenvalue weighted by atomic mass is 19.4. The van der Waals surface area contributed by atoms with E-state index in [1.165, 1.54) is 12.1 Å². The predicted octanol–water partition coefficient (Wildman–Crippen LogP) is 5.03. The molecule has 5 nitrogen and oxygen atoms in total. The van der Waals surface area contributed by atoms with Gasteiger partial charge in [-0.2, -0.15) is 13.2 Å². The van der Waals surface area contributed by atoms with Gasteiger partial charge in [0.25, 0.3) is 0 Å². The number of carboxylic acid groups (broad SMARTS) is 1. The van der Waals surface area contributed by atoms with E-state index in [9.17, 15) is 23.1 Å². The second kappa shape index (κ2) is 9.24. The maximum absolute atomic E-state index is 13.0. The number of anilines is 1. The molecule has 0 bridgehead atoms. The molecule has 170 valence electrons. The highest BCUT2D eigenvalue weighted by Crippen LogP contribution is 2.32. The number of aromatic nitrogens is 1. The second-order valence-corrected chi connectivity index (χ2v) is 8.21. The minimum atomic E-state index is -4.32. The van der Waals surface area contributed by atoms with Gasteiger partial charge in [0.1, 0.15) is 0 Å². The van der Waals surface area contributed by atoms with Crippen LogP contribution in [0.15, 0.2) is 48.7 Å². The lowest BCUT2D eigenvalue weighted by molar-refractivity contribution is -0.137. The first-order valence-corrected chi connectivity index (χ1v) is 10.8. The lowest BCUT2D eigenvalue weighted by atomic mass is 10.0. The van der Waals surface area contributed by atoms with E-state index < -0.39 is 17.7 Å². The van der Waals surface area contributed by atoms with Crippen molar-refractivity contribution in [3.8, 4) is 0 Å². The van der Waals surface area contributed by atoms with Crippen molar-refractivity contribution in [2.24, 2.45) is 0 Å². The van der Waals surface area contributed by atoms with Gasteiger partial charge in [0.15, 0.2) is 0 Å². The molecule has 0 aliphatic carbocycles. The molecule has 1 aliphatic rings. The lowest BCUT2D eigenvalue weighted by Gasteiger charge is -2.36. The van der Waals surface area contributed by atoms with Crippen molar-refractivity contribution in [3.63, 3.8) is 0 Å². The van der Waals surface area contributed by atoms with Gasteiger partial charge < -0.3 is 15.0 Å². The van der Waals surface area contributed by atoms with Crippen LogP contribution >= 0.6 is 0 Å². The van der Waals surface area contributed by atoms with Crippen molar-refractivity contribution in [2.75, 3.05) is 37.6 Å². The van der Waals surface area contributed by atoms with Gasteiger partial charge in [-0.05, 0) is 67.8 Å². The van der Waals surface area contributed by atoms with Crippen LogP contribution in [0.1, 0.15) is 34.3 Å². The molecule has 0 radical (unpaired) electrons. The number of piperazine rings is 1. The number of fused-ring (bicyclic) bond motifs is 1. The number of nitrogens with one attached hydrogen (secondary N) is 1. The molecule has 0 spiro atoms. The molecule has 2 aromatic carbocycles. The molecule has 0 atom stereocenters. The Labute approximate surface area is 184 Å². The smallest absolute Gasteiger partial charge is 0.416 e. The van der Waals surface area contributed by atoms with E-state index in [2.05, 4.69) is 9.88 Å². The average molecular weight is 445 g/mol. The highest BCUT2D eigenvalue weighted by molar-refractivity contribution is 5.94. The van der Waals surface area contributed by atoms with Crippen molar-refractivity contribution in [2.45, 2.75) is 25.4 Å². The number of halogens is 3. The molecule has 1 saturated heterocycles. The van der Waals surface area contributed by atoms with E-state index in [0.717, 1.165) is 61.4 Å². The van der Waals surface area contributed by atoms with Gasteiger partial charge in [-0.25, -0.2) is 4.79 Å². The van der Waals surface area contributed by atoms with E-state index in [1.807, 2.05) is 11.1 Å². The first kappa shape index (κ1) is 22.2. The minimum absolute atomic E-state index is 0.289. The summed E-state index contributed by atoms with van der Waals surface area (Å²) in [5.74, 6) is -0.927. The van der Waals surface area contributed by atoms with Crippen molar-refractivity contribution >= 4 is 22.6 Å². The van der Waals surface area contributed by atoms with Gasteiger partial charge in [0, 0.05) is 49.0 Å². The summed E-state index contributed by atoms with van der Waals surface area (Å²) < 4.78 is 38.9. The highest BCUT2D eigenvalue weighted by Gasteiger charge is 2.31. The summed E-state index contributed by atoms with van der Waals surface area (Å²) in [6.07, 6.45) is 0.488. The minimum Gasteiger partial charge on any atom is -0.478 e. The molecular formula is C24H26F3N3O2. The number of rotatable bonds is 7. The molecule has 4 rings (SSSR count). The molecule has 32 heavy (non-hydrogen) atoms. The van der Waals surface area contributed by atoms with E-state index in [0.29, 0.717) is 18.8 Å². The van der Waals surface area contributed by atoms with Crippen LogP contribution in [0.5, 0.6) is 0 Å². The molecule has 0 unspecified atom stereocenters. The number of unbranched alkanes of at least 4 members (excludes halogenated alkanes) is 1. The van der Waals surface area contributed by atoms with Crippen molar-refractivity contribution in [1.29, 1.82) is 0 Å². The van der Waals surface area contributed by atoms with E-state index in [-0.39, 0.29) is 5.56 Å². The molecule has 2 heterocycles. The normalized spacial score (nSPS) is 15.4. The number of aryl methyl sites for hydroxylation is 1. The third kappa shape index (κ3) is 5.07. The van der Waals surface area contributed by atoms with Crippen LogP contribution < -0.4 is 4.90 Å². The molecule has 8 heteroatoms.